The van der Waals surface area contributed by atoms with Gasteiger partial charge in [-0.15, -0.1) is 0 Å². The molecule has 0 unspecified atom stereocenters. The molecule has 6 heteroatoms. The first-order valence-corrected chi connectivity index (χ1v) is 7.70. The molecule has 0 saturated heterocycles. The quantitative estimate of drug-likeness (QED) is 0.513. The predicted molar refractivity (Wildman–Crippen MR) is 47.9 cm³/mol. The molecule has 0 atom stereocenters. The van der Waals surface area contributed by atoms with Gasteiger partial charge in [0.2, 0.25) is 0 Å². The number of hydrogen-bond donors (Lipinski definition) is 1. The van der Waals surface area contributed by atoms with Crippen LogP contribution in [-0.2, 0) is 20.7 Å². The van der Waals surface area contributed by atoms with E-state index in [1.54, 1.807) is 20.7 Å². The Morgan fingerprint density at radius 1 is 1.50 bits per heavy atom. The molecule has 1 amide bonds. The Hall–Kier alpha value is 0.461. The molecule has 0 aromatic carbocycles. The van der Waals surface area contributed by atoms with E-state index in [2.05, 4.69) is 29.0 Å². The first-order chi connectivity index (χ1) is 5.59. The molecule has 77 valence electrons. The average Bonchev–Trinajstić information content (AvgIpc) is 2.55. The molecule has 1 rings (SSSR count). The van der Waals surface area contributed by atoms with Gasteiger partial charge in [-0.3, -0.25) is 0 Å². The molecule has 0 aromatic rings. The van der Waals surface area contributed by atoms with Crippen LogP contribution in [0.1, 0.15) is 6.42 Å². The molecule has 14 heavy (non-hydrogen) atoms. The summed E-state index contributed by atoms with van der Waals surface area (Å²) in [5, 5.41) is 1.32. The number of allylic oxidation sites excluding steroid dienone is 4. The van der Waals surface area contributed by atoms with E-state index in [0.717, 1.165) is 6.42 Å². The number of carbonyl (C=O) groups is 1. The van der Waals surface area contributed by atoms with Crippen LogP contribution in [-0.4, -0.2) is 13.6 Å². The monoisotopic (exact) mass is 284 g/mol. The number of rotatable bonds is 2. The first kappa shape index (κ1) is 16.9. The van der Waals surface area contributed by atoms with Crippen LogP contribution in [0.5, 0.6) is 0 Å². The zero-order valence-electron chi connectivity index (χ0n) is 8.10. The fourth-order valence-electron chi connectivity index (χ4n) is 1.21. The molecule has 0 saturated carbocycles. The summed E-state index contributed by atoms with van der Waals surface area (Å²) in [5.41, 5.74) is 0.220. The molecule has 0 fully saturated rings. The predicted octanol–water partition coefficient (Wildman–Crippen LogP) is -4.12. The molecule has 0 heterocycles. The maximum absolute atomic E-state index is 11.5. The third-order valence-corrected chi connectivity index (χ3v) is 6.24. The van der Waals surface area contributed by atoms with Crippen LogP contribution in [0.4, 0.5) is 4.79 Å². The van der Waals surface area contributed by atoms with Crippen molar-refractivity contribution in [3.63, 3.8) is 0 Å². The minimum atomic E-state index is -1.83. The van der Waals surface area contributed by atoms with Crippen molar-refractivity contribution in [2.24, 2.45) is 0 Å². The smallest absolute Gasteiger partial charge is 1.00 e. The number of nitrogens with one attached hydrogen (secondary N) is 1. The standard InChI is InChI=1S/C8H13NOSi.2ClH.Ti/c1-11(2,8(9)10)7-5-3-4-6-7;;;/h3-5H,6H2,1-2H3,(H2,9,10);2*1H;/q;;;+3/p-3. The van der Waals surface area contributed by atoms with Crippen LogP contribution in [0, 0.1) is 0 Å². The number of amides is 1. The SMILES string of the molecule is C[Si](C)(C(=O)[NH][Ti+2])C1=CC=CC1.[Cl-].[Cl-]. The summed E-state index contributed by atoms with van der Waals surface area (Å²) in [5.74, 6) is 0. The van der Waals surface area contributed by atoms with Crippen molar-refractivity contribution >= 4 is 13.6 Å². The van der Waals surface area contributed by atoms with Gasteiger partial charge in [0.1, 0.15) is 0 Å². The molecular weight excluding hydrogens is 273 g/mol. The maximum atomic E-state index is 11.5. The van der Waals surface area contributed by atoms with Gasteiger partial charge in [-0.1, -0.05) is 0 Å². The maximum Gasteiger partial charge on any atom is -1.00 e. The molecular formula is C8H12Cl2NOSiTi. The third kappa shape index (κ3) is 3.55. The van der Waals surface area contributed by atoms with E-state index in [0.29, 0.717) is 0 Å². The fourth-order valence-corrected chi connectivity index (χ4v) is 4.42. The molecule has 1 N–H and O–H groups in total. The van der Waals surface area contributed by atoms with Gasteiger partial charge < -0.3 is 24.8 Å². The first-order valence-electron chi connectivity index (χ1n) is 3.92. The van der Waals surface area contributed by atoms with Gasteiger partial charge in [0, 0.05) is 0 Å². The summed E-state index contributed by atoms with van der Waals surface area (Å²) in [4.78, 5) is 11.5. The van der Waals surface area contributed by atoms with Crippen molar-refractivity contribution < 1.29 is 50.3 Å². The average molecular weight is 285 g/mol. The normalized spacial score (nSPS) is 13.9. The summed E-state index contributed by atoms with van der Waals surface area (Å²) < 4.78 is 2.74. The van der Waals surface area contributed by atoms with E-state index >= 15 is 0 Å². The van der Waals surface area contributed by atoms with E-state index in [4.69, 9.17) is 0 Å². The van der Waals surface area contributed by atoms with Gasteiger partial charge in [-0.25, -0.2) is 0 Å². The largest absolute Gasteiger partial charge is 1.00 e. The van der Waals surface area contributed by atoms with Crippen molar-refractivity contribution in [2.45, 2.75) is 19.5 Å². The summed E-state index contributed by atoms with van der Waals surface area (Å²) in [6.45, 7) is 4.18. The van der Waals surface area contributed by atoms with Gasteiger partial charge in [0.05, 0.1) is 0 Å². The van der Waals surface area contributed by atoms with Crippen LogP contribution < -0.4 is 28.6 Å². The van der Waals surface area contributed by atoms with Crippen LogP contribution >= 0.6 is 0 Å². The molecule has 0 bridgehead atoms. The molecule has 0 radical (unpaired) electrons. The van der Waals surface area contributed by atoms with Gasteiger partial charge in [0.15, 0.2) is 0 Å². The minimum absolute atomic E-state index is 0. The summed E-state index contributed by atoms with van der Waals surface area (Å²) in [6.07, 6.45) is 7.19. The van der Waals surface area contributed by atoms with Gasteiger partial charge in [0.25, 0.3) is 0 Å². The molecule has 1 aliphatic carbocycles. The molecule has 0 spiro atoms. The van der Waals surface area contributed by atoms with Crippen molar-refractivity contribution in [3.8, 4) is 0 Å². The summed E-state index contributed by atoms with van der Waals surface area (Å²) >= 11 is 1.71. The number of hydrogen-bond acceptors (Lipinski definition) is 1. The Bertz CT molecular complexity index is 266. The fraction of sp³-hybridized carbons (Fsp3) is 0.375. The Morgan fingerprint density at radius 2 is 2.07 bits per heavy atom. The second-order valence-electron chi connectivity index (χ2n) is 3.40. The van der Waals surface area contributed by atoms with Crippen molar-refractivity contribution in [1.29, 1.82) is 0 Å². The third-order valence-electron chi connectivity index (χ3n) is 2.26. The molecule has 2 nitrogen and oxygen atoms in total. The second-order valence-corrected chi connectivity index (χ2v) is 8.14. The Morgan fingerprint density at radius 3 is 2.43 bits per heavy atom. The summed E-state index contributed by atoms with van der Waals surface area (Å²) in [6, 6.07) is 0. The Labute approximate surface area is 110 Å². The van der Waals surface area contributed by atoms with Crippen molar-refractivity contribution in [2.75, 3.05) is 0 Å². The van der Waals surface area contributed by atoms with Gasteiger partial charge >= 0.3 is 85.8 Å². The minimum Gasteiger partial charge on any atom is -1.00 e. The number of halogens is 2. The molecule has 1 aliphatic rings. The zero-order valence-corrected chi connectivity index (χ0v) is 12.2. The molecule has 0 aromatic heterocycles. The number of carbonyl (C=O) groups excluding carboxylic acids is 1. The zero-order chi connectivity index (χ0) is 9.19. The van der Waals surface area contributed by atoms with Crippen molar-refractivity contribution in [1.82, 2.24) is 3.80 Å². The van der Waals surface area contributed by atoms with Crippen LogP contribution in [0.15, 0.2) is 23.4 Å². The van der Waals surface area contributed by atoms with E-state index in [-0.39, 0.29) is 30.3 Å². The van der Waals surface area contributed by atoms with Crippen LogP contribution in [0.25, 0.3) is 0 Å². The van der Waals surface area contributed by atoms with E-state index in [1.807, 2.05) is 6.08 Å². The van der Waals surface area contributed by atoms with Crippen LogP contribution in [0.3, 0.4) is 0 Å². The van der Waals surface area contributed by atoms with E-state index < -0.39 is 8.07 Å². The second kappa shape index (κ2) is 6.86. The molecule has 0 aliphatic heterocycles. The topological polar surface area (TPSA) is 29.1 Å². The van der Waals surface area contributed by atoms with Gasteiger partial charge in [-0.2, -0.15) is 0 Å². The summed E-state index contributed by atoms with van der Waals surface area (Å²) in [7, 11) is -1.83. The van der Waals surface area contributed by atoms with E-state index in [1.165, 1.54) is 5.20 Å². The Kier molecular flexibility index (Phi) is 8.26. The van der Waals surface area contributed by atoms with Crippen molar-refractivity contribution in [3.05, 3.63) is 23.4 Å². The van der Waals surface area contributed by atoms with Crippen LogP contribution in [0.2, 0.25) is 13.1 Å². The Balaban J connectivity index is 0. The van der Waals surface area contributed by atoms with Gasteiger partial charge in [-0.05, 0) is 0 Å². The van der Waals surface area contributed by atoms with E-state index in [9.17, 15) is 4.79 Å².